The van der Waals surface area contributed by atoms with Gasteiger partial charge in [-0.05, 0) is 62.4 Å². The molecule has 3 rings (SSSR count). The first-order valence-corrected chi connectivity index (χ1v) is 12.2. The second kappa shape index (κ2) is 11.4. The first kappa shape index (κ1) is 26.9. The summed E-state index contributed by atoms with van der Waals surface area (Å²) in [5.74, 6) is -0.700. The summed E-state index contributed by atoms with van der Waals surface area (Å²) in [6.07, 6.45) is 0.514. The number of carbonyl (C=O) groups excluding carboxylic acids is 2. The van der Waals surface area contributed by atoms with Gasteiger partial charge in [0.25, 0.3) is 0 Å². The maximum atomic E-state index is 13.4. The van der Waals surface area contributed by atoms with E-state index in [0.29, 0.717) is 38.0 Å². The first-order chi connectivity index (χ1) is 17.0. The van der Waals surface area contributed by atoms with Crippen molar-refractivity contribution in [2.24, 2.45) is 5.92 Å². The van der Waals surface area contributed by atoms with Crippen molar-refractivity contribution in [2.75, 3.05) is 13.2 Å². The van der Waals surface area contributed by atoms with Crippen molar-refractivity contribution in [3.05, 3.63) is 59.2 Å². The zero-order chi connectivity index (χ0) is 26.3. The minimum atomic E-state index is -1.09. The van der Waals surface area contributed by atoms with Gasteiger partial charge in [0.2, 0.25) is 0 Å². The van der Waals surface area contributed by atoms with Crippen molar-refractivity contribution < 1.29 is 19.1 Å². The van der Waals surface area contributed by atoms with E-state index in [1.165, 1.54) is 0 Å². The van der Waals surface area contributed by atoms with Crippen LogP contribution >= 0.6 is 0 Å². The van der Waals surface area contributed by atoms with Crippen LogP contribution in [0.3, 0.4) is 0 Å². The zero-order valence-electron chi connectivity index (χ0n) is 21.4. The molecule has 0 unspecified atom stereocenters. The number of rotatable bonds is 7. The Hall–Kier alpha value is -3.68. The van der Waals surface area contributed by atoms with Gasteiger partial charge in [-0.1, -0.05) is 36.4 Å². The number of nitriles is 2. The molecule has 1 aliphatic heterocycles. The fourth-order valence-corrected chi connectivity index (χ4v) is 4.36. The van der Waals surface area contributed by atoms with Crippen molar-refractivity contribution >= 4 is 11.9 Å². The highest BCUT2D eigenvalue weighted by molar-refractivity contribution is 5.92. The van der Waals surface area contributed by atoms with Crippen LogP contribution < -0.4 is 5.32 Å². The van der Waals surface area contributed by atoms with E-state index in [9.17, 15) is 14.9 Å². The summed E-state index contributed by atoms with van der Waals surface area (Å²) in [5, 5.41) is 21.7. The lowest BCUT2D eigenvalue weighted by atomic mass is 9.80. The van der Waals surface area contributed by atoms with Crippen LogP contribution in [0.2, 0.25) is 0 Å². The van der Waals surface area contributed by atoms with Crippen molar-refractivity contribution in [3.63, 3.8) is 0 Å². The number of nitrogens with one attached hydrogen (secondary N) is 1. The Morgan fingerprint density at radius 1 is 1.08 bits per heavy atom. The standard InChI is InChI=1S/C29H33N3O4/c1-20-15-24(9-10-25(20)19-31)23-7-5-21(6-8-23)16-22(18-30)17-26(33)29(11-13-35-14-12-29)32-27(34)36-28(2,3)4/h5-10,15,22H,11-14,16-17H2,1-4H3,(H,32,34)/t22-/m1/s1. The van der Waals surface area contributed by atoms with Crippen LogP contribution in [0, 0.1) is 35.5 Å². The molecule has 7 nitrogen and oxygen atoms in total. The van der Waals surface area contributed by atoms with Gasteiger partial charge in [-0.3, -0.25) is 4.79 Å². The highest BCUT2D eigenvalue weighted by atomic mass is 16.6. The second-order valence-corrected chi connectivity index (χ2v) is 10.3. The lowest BCUT2D eigenvalue weighted by Gasteiger charge is -2.37. The summed E-state index contributed by atoms with van der Waals surface area (Å²) >= 11 is 0. The first-order valence-electron chi connectivity index (χ1n) is 12.2. The quantitative estimate of drug-likeness (QED) is 0.571. The van der Waals surface area contributed by atoms with Gasteiger partial charge in [0, 0.05) is 32.5 Å². The smallest absolute Gasteiger partial charge is 0.408 e. The summed E-state index contributed by atoms with van der Waals surface area (Å²) < 4.78 is 10.8. The number of carbonyl (C=O) groups is 2. The van der Waals surface area contributed by atoms with E-state index in [0.717, 1.165) is 22.3 Å². The molecule has 0 bridgehead atoms. The third kappa shape index (κ3) is 6.93. The minimum Gasteiger partial charge on any atom is -0.444 e. The maximum Gasteiger partial charge on any atom is 0.408 e. The Morgan fingerprint density at radius 3 is 2.28 bits per heavy atom. The van der Waals surface area contributed by atoms with Gasteiger partial charge in [0.1, 0.15) is 11.1 Å². The van der Waals surface area contributed by atoms with Gasteiger partial charge in [-0.15, -0.1) is 0 Å². The average Bonchev–Trinajstić information content (AvgIpc) is 2.83. The molecule has 0 radical (unpaired) electrons. The maximum absolute atomic E-state index is 13.4. The molecule has 36 heavy (non-hydrogen) atoms. The van der Waals surface area contributed by atoms with E-state index in [4.69, 9.17) is 14.7 Å². The lowest BCUT2D eigenvalue weighted by Crippen LogP contribution is -2.58. The summed E-state index contributed by atoms with van der Waals surface area (Å²) in [4.78, 5) is 25.9. The van der Waals surface area contributed by atoms with Crippen molar-refractivity contribution in [1.82, 2.24) is 5.32 Å². The van der Waals surface area contributed by atoms with E-state index in [-0.39, 0.29) is 12.2 Å². The normalized spacial score (nSPS) is 15.7. The number of aryl methyl sites for hydroxylation is 1. The van der Waals surface area contributed by atoms with Gasteiger partial charge in [0.15, 0.2) is 5.78 Å². The molecule has 1 fully saturated rings. The Balaban J connectivity index is 1.69. The molecule has 2 aromatic carbocycles. The largest absolute Gasteiger partial charge is 0.444 e. The average molecular weight is 488 g/mol. The molecular weight excluding hydrogens is 454 g/mol. The molecular formula is C29H33N3O4. The predicted molar refractivity (Wildman–Crippen MR) is 136 cm³/mol. The minimum absolute atomic E-state index is 0.0306. The number of hydrogen-bond acceptors (Lipinski definition) is 6. The number of benzene rings is 2. The van der Waals surface area contributed by atoms with Crippen LogP contribution in [0.5, 0.6) is 0 Å². The number of alkyl carbamates (subject to hydrolysis) is 1. The number of hydrogen-bond donors (Lipinski definition) is 1. The van der Waals surface area contributed by atoms with Gasteiger partial charge in [-0.25, -0.2) is 4.79 Å². The fraction of sp³-hybridized carbons (Fsp3) is 0.448. The molecule has 188 valence electrons. The summed E-state index contributed by atoms with van der Waals surface area (Å²) in [7, 11) is 0. The van der Waals surface area contributed by atoms with E-state index in [2.05, 4.69) is 17.5 Å². The number of ether oxygens (including phenoxy) is 2. The number of Topliss-reactive ketones (excluding diaryl/α,β-unsaturated/α-hetero) is 1. The molecule has 1 saturated heterocycles. The van der Waals surface area contributed by atoms with Crippen LogP contribution in [-0.4, -0.2) is 36.2 Å². The predicted octanol–water partition coefficient (Wildman–Crippen LogP) is 5.25. The van der Waals surface area contributed by atoms with Crippen molar-refractivity contribution in [2.45, 2.75) is 64.5 Å². The summed E-state index contributed by atoms with van der Waals surface area (Å²) in [5.41, 5.74) is 2.78. The monoisotopic (exact) mass is 487 g/mol. The van der Waals surface area contributed by atoms with Crippen LogP contribution in [0.1, 0.15) is 56.7 Å². The van der Waals surface area contributed by atoms with Gasteiger partial charge in [0.05, 0.1) is 23.6 Å². The zero-order valence-corrected chi connectivity index (χ0v) is 21.4. The highest BCUT2D eigenvalue weighted by Gasteiger charge is 2.42. The fourth-order valence-electron chi connectivity index (χ4n) is 4.36. The Kier molecular flexibility index (Phi) is 8.50. The van der Waals surface area contributed by atoms with Crippen molar-refractivity contribution in [3.8, 4) is 23.3 Å². The van der Waals surface area contributed by atoms with Crippen LogP contribution in [0.4, 0.5) is 4.79 Å². The lowest BCUT2D eigenvalue weighted by molar-refractivity contribution is -0.130. The molecule has 1 heterocycles. The van der Waals surface area contributed by atoms with E-state index >= 15 is 0 Å². The molecule has 1 amide bonds. The molecule has 0 saturated carbocycles. The molecule has 1 atom stereocenters. The Morgan fingerprint density at radius 2 is 1.72 bits per heavy atom. The topological polar surface area (TPSA) is 112 Å². The Bertz CT molecular complexity index is 1180. The van der Waals surface area contributed by atoms with Gasteiger partial charge >= 0.3 is 6.09 Å². The molecule has 1 N–H and O–H groups in total. The summed E-state index contributed by atoms with van der Waals surface area (Å²) in [6.45, 7) is 7.93. The van der Waals surface area contributed by atoms with Gasteiger partial charge < -0.3 is 14.8 Å². The molecule has 1 aliphatic rings. The number of amides is 1. The van der Waals surface area contributed by atoms with Crippen LogP contribution in [0.25, 0.3) is 11.1 Å². The molecule has 0 aliphatic carbocycles. The third-order valence-electron chi connectivity index (χ3n) is 6.35. The van der Waals surface area contributed by atoms with Crippen LogP contribution in [0.15, 0.2) is 42.5 Å². The second-order valence-electron chi connectivity index (χ2n) is 10.3. The molecule has 0 aromatic heterocycles. The van der Waals surface area contributed by atoms with E-state index in [1.807, 2.05) is 49.4 Å². The highest BCUT2D eigenvalue weighted by Crippen LogP contribution is 2.28. The molecule has 7 heteroatoms. The molecule has 0 spiro atoms. The van der Waals surface area contributed by atoms with Gasteiger partial charge in [-0.2, -0.15) is 10.5 Å². The van der Waals surface area contributed by atoms with Crippen LogP contribution in [-0.2, 0) is 20.7 Å². The van der Waals surface area contributed by atoms with E-state index < -0.39 is 23.2 Å². The third-order valence-corrected chi connectivity index (χ3v) is 6.35. The van der Waals surface area contributed by atoms with Crippen molar-refractivity contribution in [1.29, 1.82) is 10.5 Å². The number of nitrogens with zero attached hydrogens (tertiary/aromatic N) is 2. The molecule has 2 aromatic rings. The Labute approximate surface area is 213 Å². The SMILES string of the molecule is Cc1cc(-c2ccc(C[C@@H](C#N)CC(=O)C3(NC(=O)OC(C)(C)C)CCOCC3)cc2)ccc1C#N. The number of ketones is 1. The summed E-state index contributed by atoms with van der Waals surface area (Å²) in [6, 6.07) is 18.0. The van der Waals surface area contributed by atoms with E-state index in [1.54, 1.807) is 20.8 Å².